The molecule has 0 saturated heterocycles. The fraction of sp³-hybridized carbons (Fsp3) is 0.417. The van der Waals surface area contributed by atoms with Gasteiger partial charge >= 0.3 is 0 Å². The van der Waals surface area contributed by atoms with Gasteiger partial charge < -0.3 is 5.32 Å². The van der Waals surface area contributed by atoms with E-state index in [1.54, 1.807) is 6.07 Å². The summed E-state index contributed by atoms with van der Waals surface area (Å²) in [6, 6.07) is 3.12. The van der Waals surface area contributed by atoms with Crippen molar-refractivity contribution < 1.29 is 4.79 Å². The third-order valence-electron chi connectivity index (χ3n) is 2.99. The summed E-state index contributed by atoms with van der Waals surface area (Å²) in [7, 11) is 0. The van der Waals surface area contributed by atoms with E-state index in [4.69, 9.17) is 34.8 Å². The highest BCUT2D eigenvalue weighted by Gasteiger charge is 2.23. The Kier molecular flexibility index (Phi) is 4.18. The lowest BCUT2D eigenvalue weighted by Gasteiger charge is -2.12. The summed E-state index contributed by atoms with van der Waals surface area (Å²) in [5.74, 6) is 0.114. The normalized spacial score (nSPS) is 16.2. The van der Waals surface area contributed by atoms with Gasteiger partial charge in [0, 0.05) is 5.92 Å². The molecule has 2 nitrogen and oxygen atoms in total. The number of hydrogen-bond donors (Lipinski definition) is 1. The Morgan fingerprint density at radius 1 is 1.06 bits per heavy atom. The van der Waals surface area contributed by atoms with Crippen LogP contribution in [-0.4, -0.2) is 5.91 Å². The van der Waals surface area contributed by atoms with Gasteiger partial charge in [-0.1, -0.05) is 47.6 Å². The quantitative estimate of drug-likeness (QED) is 0.781. The fourth-order valence-electron chi connectivity index (χ4n) is 2.04. The van der Waals surface area contributed by atoms with Crippen LogP contribution in [0.3, 0.4) is 0 Å². The molecular formula is C12H12Cl3NO. The first-order valence-electron chi connectivity index (χ1n) is 5.53. The van der Waals surface area contributed by atoms with Crippen LogP contribution in [0.15, 0.2) is 12.1 Å². The fourth-order valence-corrected chi connectivity index (χ4v) is 2.64. The van der Waals surface area contributed by atoms with Crippen molar-refractivity contribution in [3.8, 4) is 0 Å². The van der Waals surface area contributed by atoms with Crippen LogP contribution >= 0.6 is 34.8 Å². The van der Waals surface area contributed by atoms with Crippen LogP contribution in [0.25, 0.3) is 0 Å². The van der Waals surface area contributed by atoms with Crippen LogP contribution in [0, 0.1) is 5.92 Å². The Labute approximate surface area is 115 Å². The zero-order valence-electron chi connectivity index (χ0n) is 9.10. The lowest BCUT2D eigenvalue weighted by molar-refractivity contribution is -0.119. The molecule has 92 valence electrons. The molecule has 1 aromatic rings. The summed E-state index contributed by atoms with van der Waals surface area (Å²) >= 11 is 17.7. The predicted octanol–water partition coefficient (Wildman–Crippen LogP) is 4.78. The van der Waals surface area contributed by atoms with Gasteiger partial charge in [0.15, 0.2) is 0 Å². The molecule has 2 rings (SSSR count). The maximum absolute atomic E-state index is 11.9. The van der Waals surface area contributed by atoms with Gasteiger partial charge in [-0.3, -0.25) is 4.79 Å². The van der Waals surface area contributed by atoms with E-state index in [1.807, 2.05) is 0 Å². The molecule has 0 bridgehead atoms. The molecule has 17 heavy (non-hydrogen) atoms. The SMILES string of the molecule is O=C(Nc1cc(Cl)c(Cl)cc1Cl)C1CCCC1. The van der Waals surface area contributed by atoms with E-state index in [1.165, 1.54) is 6.07 Å². The number of hydrogen-bond acceptors (Lipinski definition) is 1. The lowest BCUT2D eigenvalue weighted by Crippen LogP contribution is -2.20. The lowest BCUT2D eigenvalue weighted by atomic mass is 10.1. The van der Waals surface area contributed by atoms with Crippen molar-refractivity contribution >= 4 is 46.4 Å². The van der Waals surface area contributed by atoms with Crippen molar-refractivity contribution in [1.29, 1.82) is 0 Å². The van der Waals surface area contributed by atoms with Crippen LogP contribution in [0.4, 0.5) is 5.69 Å². The second kappa shape index (κ2) is 5.47. The molecule has 0 radical (unpaired) electrons. The van der Waals surface area contributed by atoms with Crippen molar-refractivity contribution in [2.45, 2.75) is 25.7 Å². The summed E-state index contributed by atoms with van der Waals surface area (Å²) in [6.45, 7) is 0. The Balaban J connectivity index is 2.12. The van der Waals surface area contributed by atoms with Crippen molar-refractivity contribution in [3.05, 3.63) is 27.2 Å². The molecule has 1 saturated carbocycles. The van der Waals surface area contributed by atoms with Gasteiger partial charge in [0.25, 0.3) is 0 Å². The molecule has 1 fully saturated rings. The first-order chi connectivity index (χ1) is 8.08. The van der Waals surface area contributed by atoms with Crippen molar-refractivity contribution in [2.24, 2.45) is 5.92 Å². The minimum atomic E-state index is 0.0165. The average molecular weight is 293 g/mol. The molecule has 0 aliphatic heterocycles. The summed E-state index contributed by atoms with van der Waals surface area (Å²) in [6.07, 6.45) is 4.13. The van der Waals surface area contributed by atoms with E-state index >= 15 is 0 Å². The number of amides is 1. The van der Waals surface area contributed by atoms with E-state index in [2.05, 4.69) is 5.32 Å². The molecule has 0 heterocycles. The zero-order valence-corrected chi connectivity index (χ0v) is 11.4. The maximum Gasteiger partial charge on any atom is 0.227 e. The summed E-state index contributed by atoms with van der Waals surface area (Å²) in [4.78, 5) is 11.9. The number of carbonyl (C=O) groups is 1. The average Bonchev–Trinajstić information content (AvgIpc) is 2.79. The van der Waals surface area contributed by atoms with Gasteiger partial charge in [-0.2, -0.15) is 0 Å². The van der Waals surface area contributed by atoms with Crippen LogP contribution in [-0.2, 0) is 4.79 Å². The number of benzene rings is 1. The van der Waals surface area contributed by atoms with Crippen molar-refractivity contribution in [2.75, 3.05) is 5.32 Å². The van der Waals surface area contributed by atoms with Crippen LogP contribution < -0.4 is 5.32 Å². The van der Waals surface area contributed by atoms with Gasteiger partial charge in [0.05, 0.1) is 20.8 Å². The second-order valence-electron chi connectivity index (χ2n) is 4.22. The number of anilines is 1. The molecule has 1 aliphatic carbocycles. The Morgan fingerprint density at radius 3 is 2.29 bits per heavy atom. The number of nitrogens with one attached hydrogen (secondary N) is 1. The highest BCUT2D eigenvalue weighted by atomic mass is 35.5. The molecule has 0 atom stereocenters. The Morgan fingerprint density at radius 2 is 1.65 bits per heavy atom. The van der Waals surface area contributed by atoms with Crippen LogP contribution in [0.2, 0.25) is 15.1 Å². The first-order valence-corrected chi connectivity index (χ1v) is 6.66. The monoisotopic (exact) mass is 291 g/mol. The van der Waals surface area contributed by atoms with Gasteiger partial charge in [-0.25, -0.2) is 0 Å². The molecule has 1 aromatic carbocycles. The van der Waals surface area contributed by atoms with Crippen LogP contribution in [0.5, 0.6) is 0 Å². The van der Waals surface area contributed by atoms with Crippen molar-refractivity contribution in [3.63, 3.8) is 0 Å². The molecule has 1 N–H and O–H groups in total. The summed E-state index contributed by atoms with van der Waals surface area (Å²) < 4.78 is 0. The van der Waals surface area contributed by atoms with E-state index in [9.17, 15) is 4.79 Å². The highest BCUT2D eigenvalue weighted by Crippen LogP contribution is 2.33. The number of rotatable bonds is 2. The van der Waals surface area contributed by atoms with Gasteiger partial charge in [0.1, 0.15) is 0 Å². The third-order valence-corrected chi connectivity index (χ3v) is 4.03. The first kappa shape index (κ1) is 13.0. The maximum atomic E-state index is 11.9. The topological polar surface area (TPSA) is 29.1 Å². The Hall–Kier alpha value is -0.440. The zero-order chi connectivity index (χ0) is 12.4. The molecule has 1 amide bonds. The van der Waals surface area contributed by atoms with Gasteiger partial charge in [0.2, 0.25) is 5.91 Å². The van der Waals surface area contributed by atoms with Crippen LogP contribution in [0.1, 0.15) is 25.7 Å². The van der Waals surface area contributed by atoms with E-state index < -0.39 is 0 Å². The third kappa shape index (κ3) is 3.06. The van der Waals surface area contributed by atoms with Crippen molar-refractivity contribution in [1.82, 2.24) is 0 Å². The largest absolute Gasteiger partial charge is 0.324 e. The summed E-state index contributed by atoms with van der Waals surface area (Å²) in [5.41, 5.74) is 0.526. The molecular weight excluding hydrogens is 280 g/mol. The molecule has 5 heteroatoms. The minimum Gasteiger partial charge on any atom is -0.324 e. The standard InChI is InChI=1S/C12H12Cl3NO/c13-8-5-10(15)11(6-9(8)14)16-12(17)7-3-1-2-4-7/h5-7H,1-4H2,(H,16,17). The van der Waals surface area contributed by atoms with Gasteiger partial charge in [-0.15, -0.1) is 0 Å². The number of carbonyl (C=O) groups excluding carboxylic acids is 1. The summed E-state index contributed by atoms with van der Waals surface area (Å²) in [5, 5.41) is 3.99. The number of halogens is 3. The highest BCUT2D eigenvalue weighted by molar-refractivity contribution is 6.44. The molecule has 0 unspecified atom stereocenters. The molecule has 0 aromatic heterocycles. The predicted molar refractivity (Wildman–Crippen MR) is 72.1 cm³/mol. The van der Waals surface area contributed by atoms with E-state index in [0.717, 1.165) is 25.7 Å². The minimum absolute atomic E-state index is 0.0165. The molecule has 1 aliphatic rings. The van der Waals surface area contributed by atoms with E-state index in [-0.39, 0.29) is 11.8 Å². The van der Waals surface area contributed by atoms with E-state index in [0.29, 0.717) is 20.8 Å². The second-order valence-corrected chi connectivity index (χ2v) is 5.44. The smallest absolute Gasteiger partial charge is 0.227 e. The molecule has 0 spiro atoms. The van der Waals surface area contributed by atoms with Gasteiger partial charge in [-0.05, 0) is 25.0 Å². The Bertz CT molecular complexity index is 442.